The van der Waals surface area contributed by atoms with Crippen LogP contribution in [0.15, 0.2) is 0 Å². The maximum Gasteiger partial charge on any atom is 1.00 e. The first-order valence-corrected chi connectivity index (χ1v) is 4.51. The van der Waals surface area contributed by atoms with Gasteiger partial charge in [-0.25, -0.2) is 4.79 Å². The van der Waals surface area contributed by atoms with Crippen LogP contribution in [0.25, 0.3) is 0 Å². The number of rotatable bonds is 8. The van der Waals surface area contributed by atoms with E-state index in [-0.39, 0.29) is 118 Å². The van der Waals surface area contributed by atoms with Crippen LogP contribution in [-0.4, -0.2) is 67.6 Å². The molecule has 0 heterocycles. The van der Waals surface area contributed by atoms with E-state index in [2.05, 4.69) is 0 Å². The van der Waals surface area contributed by atoms with Gasteiger partial charge in [-0.2, -0.15) is 0 Å². The topological polar surface area (TPSA) is 181 Å². The second-order valence-corrected chi connectivity index (χ2v) is 3.25. The van der Waals surface area contributed by atoms with Gasteiger partial charge in [0.25, 0.3) is 0 Å². The van der Waals surface area contributed by atoms with Crippen molar-refractivity contribution in [1.82, 2.24) is 5.32 Å². The Labute approximate surface area is 213 Å². The first-order chi connectivity index (χ1) is 8.16. The number of hydrogen-bond acceptors (Lipinski definition) is 6. The van der Waals surface area contributed by atoms with E-state index in [0.717, 1.165) is 0 Å². The van der Waals surface area contributed by atoms with Crippen LogP contribution in [0, 0.1) is 0 Å². The number of aliphatic carboxylic acids is 4. The first-order valence-electron chi connectivity index (χ1n) is 4.51. The van der Waals surface area contributed by atoms with Gasteiger partial charge in [0.2, 0.25) is 0 Å². The monoisotopic (exact) mass is 357 g/mol. The fraction of sp³-hybridized carbons (Fsp3) is 0.500. The van der Waals surface area contributed by atoms with Crippen LogP contribution >= 0.6 is 0 Å². The number of nitrogens with one attached hydrogen (secondary N) is 1. The summed E-state index contributed by atoms with van der Waals surface area (Å²) in [6, 6.07) is -3.97. The van der Waals surface area contributed by atoms with Gasteiger partial charge in [0.05, 0.1) is 6.42 Å². The molecule has 0 aromatic heterocycles. The van der Waals surface area contributed by atoms with Crippen LogP contribution in [0.5, 0.6) is 0 Å². The Morgan fingerprint density at radius 1 is 0.773 bits per heavy atom. The predicted octanol–water partition coefficient (Wildman–Crippen LogP) is -14.6. The van der Waals surface area contributed by atoms with Crippen molar-refractivity contribution < 1.29 is 163 Å². The molecular weight excluding hydrogens is 346 g/mol. The third-order valence-electron chi connectivity index (χ3n) is 1.89. The van der Waals surface area contributed by atoms with Crippen molar-refractivity contribution in [1.29, 1.82) is 0 Å². The van der Waals surface area contributed by atoms with E-state index in [1.807, 2.05) is 0 Å². The van der Waals surface area contributed by atoms with Gasteiger partial charge in [-0.15, -0.1) is 0 Å². The van der Waals surface area contributed by atoms with Crippen LogP contribution in [0.1, 0.15) is 6.42 Å². The summed E-state index contributed by atoms with van der Waals surface area (Å²) in [5.41, 5.74) is 0. The number of carbonyl (C=O) groups is 4. The molecule has 0 spiro atoms. The molecule has 0 saturated heterocycles. The maximum atomic E-state index is 10.7. The van der Waals surface area contributed by atoms with E-state index in [0.29, 0.717) is 0 Å². The van der Waals surface area contributed by atoms with Gasteiger partial charge in [-0.1, -0.05) is 0 Å². The van der Waals surface area contributed by atoms with Crippen molar-refractivity contribution in [2.24, 2.45) is 0 Å². The largest absolute Gasteiger partial charge is 1.00 e. The smallest absolute Gasteiger partial charge is 0.481 e. The molecule has 0 aliphatic carbocycles. The Kier molecular flexibility index (Phi) is 28.0. The van der Waals surface area contributed by atoms with E-state index >= 15 is 0 Å². The summed E-state index contributed by atoms with van der Waals surface area (Å²) in [5.74, 6) is -6.90. The second-order valence-electron chi connectivity index (χ2n) is 3.25. The van der Waals surface area contributed by atoms with Gasteiger partial charge in [0.1, 0.15) is 12.1 Å². The molecule has 1 unspecified atom stereocenters. The van der Waals surface area contributed by atoms with E-state index in [9.17, 15) is 19.2 Å². The first kappa shape index (κ1) is 35.0. The molecule has 22 heavy (non-hydrogen) atoms. The average molecular weight is 357 g/mol. The third-order valence-corrected chi connectivity index (χ3v) is 1.89. The molecule has 6 N–H and O–H groups in total. The minimum Gasteiger partial charge on any atom is -0.481 e. The molecular formula is C8H11NNa4O9+4. The average Bonchev–Trinajstić information content (AvgIpc) is 2.21. The summed E-state index contributed by atoms with van der Waals surface area (Å²) in [6.07, 6.45) is -3.37. The molecule has 0 amide bonds. The van der Waals surface area contributed by atoms with Gasteiger partial charge < -0.3 is 25.5 Å². The van der Waals surface area contributed by atoms with Gasteiger partial charge in [0.15, 0.2) is 6.10 Å². The Balaban J connectivity index is -0.000000241. The maximum absolute atomic E-state index is 10.7. The molecule has 0 aliphatic heterocycles. The van der Waals surface area contributed by atoms with Crippen molar-refractivity contribution in [2.45, 2.75) is 24.6 Å². The molecule has 10 nitrogen and oxygen atoms in total. The number of carboxylic acid groups (broad SMARTS) is 4. The van der Waals surface area contributed by atoms with E-state index in [1.54, 1.807) is 5.32 Å². The number of aliphatic hydroxyl groups is 1. The van der Waals surface area contributed by atoms with E-state index in [4.69, 9.17) is 25.5 Å². The Bertz CT molecular complexity index is 381. The zero-order valence-corrected chi connectivity index (χ0v) is 20.8. The van der Waals surface area contributed by atoms with Crippen molar-refractivity contribution in [3.8, 4) is 0 Å². The molecule has 14 heteroatoms. The predicted molar refractivity (Wildman–Crippen MR) is 51.9 cm³/mol. The third kappa shape index (κ3) is 14.2. The Morgan fingerprint density at radius 2 is 1.18 bits per heavy atom. The molecule has 0 aromatic rings. The minimum atomic E-state index is -2.40. The molecule has 0 saturated carbocycles. The molecule has 0 aliphatic rings. The summed E-state index contributed by atoms with van der Waals surface area (Å²) in [5, 5.41) is 44.9. The number of aliphatic hydroxyl groups excluding tert-OH is 1. The summed E-state index contributed by atoms with van der Waals surface area (Å²) in [7, 11) is 0. The van der Waals surface area contributed by atoms with Gasteiger partial charge in [0, 0.05) is 0 Å². The fourth-order valence-electron chi connectivity index (χ4n) is 1.05. The molecule has 0 aromatic carbocycles. The Hall–Kier alpha value is 1.80. The molecule has 0 bridgehead atoms. The molecule has 0 fully saturated rings. The van der Waals surface area contributed by atoms with Crippen LogP contribution in [-0.2, 0) is 19.2 Å². The van der Waals surface area contributed by atoms with E-state index < -0.39 is 48.5 Å². The van der Waals surface area contributed by atoms with Crippen LogP contribution < -0.4 is 124 Å². The normalized spacial score (nSPS) is 12.6. The van der Waals surface area contributed by atoms with Crippen LogP contribution in [0.3, 0.4) is 0 Å². The molecule has 0 rings (SSSR count). The van der Waals surface area contributed by atoms with Crippen molar-refractivity contribution in [3.63, 3.8) is 0 Å². The minimum absolute atomic E-state index is 0. The Morgan fingerprint density at radius 3 is 1.41 bits per heavy atom. The zero-order valence-electron chi connectivity index (χ0n) is 12.8. The quantitative estimate of drug-likeness (QED) is 0.228. The van der Waals surface area contributed by atoms with Crippen molar-refractivity contribution >= 4 is 23.9 Å². The van der Waals surface area contributed by atoms with Crippen molar-refractivity contribution in [3.05, 3.63) is 0 Å². The van der Waals surface area contributed by atoms with Crippen LogP contribution in [0.2, 0.25) is 0 Å². The zero-order chi connectivity index (χ0) is 14.5. The van der Waals surface area contributed by atoms with Gasteiger partial charge >= 0.3 is 142 Å². The van der Waals surface area contributed by atoms with Gasteiger partial charge in [-0.3, -0.25) is 19.7 Å². The van der Waals surface area contributed by atoms with Crippen molar-refractivity contribution in [2.75, 3.05) is 0 Å². The fourth-order valence-corrected chi connectivity index (χ4v) is 1.05. The molecule has 0 radical (unpaired) electrons. The molecule has 102 valence electrons. The van der Waals surface area contributed by atoms with Crippen LogP contribution in [0.4, 0.5) is 0 Å². The van der Waals surface area contributed by atoms with Gasteiger partial charge in [-0.05, 0) is 0 Å². The summed E-state index contributed by atoms with van der Waals surface area (Å²) >= 11 is 0. The molecule has 3 atom stereocenters. The summed E-state index contributed by atoms with van der Waals surface area (Å²) in [4.78, 5) is 42.0. The summed E-state index contributed by atoms with van der Waals surface area (Å²) < 4.78 is 0. The summed E-state index contributed by atoms with van der Waals surface area (Å²) in [6.45, 7) is 0. The number of hydrogen-bond donors (Lipinski definition) is 6. The SMILES string of the molecule is O=C(O)C[C@H](N[C@H](C(=O)O)C(O)C(=O)O)C(=O)O.[Na+].[Na+].[Na+].[Na+]. The second kappa shape index (κ2) is 17.6. The van der Waals surface area contributed by atoms with E-state index in [1.165, 1.54) is 0 Å². The number of carboxylic acids is 4. The standard InChI is InChI=1S/C8H11NO9.4Na/c10-3(11)1-2(6(13)14)9-4(7(15)16)5(12)8(17)18;;;;/h2,4-5,9,12H,1H2,(H,10,11)(H,13,14)(H,15,16)(H,17,18);;;;/q;4*+1/t2-,4-,5?;;;;/m0..../s1.